The van der Waals surface area contributed by atoms with Crippen LogP contribution in [0.1, 0.15) is 6.42 Å². The highest BCUT2D eigenvalue weighted by molar-refractivity contribution is 5.98. The molecule has 1 heterocycles. The van der Waals surface area contributed by atoms with Crippen LogP contribution in [0, 0.1) is 0 Å². The molecule has 0 bridgehead atoms. The molecule has 1 aliphatic heterocycles. The Hall–Kier alpha value is -2.12. The van der Waals surface area contributed by atoms with Gasteiger partial charge in [0.2, 0.25) is 5.91 Å². The molecular weight excluding hydrogens is 262 g/mol. The van der Waals surface area contributed by atoms with Crippen LogP contribution in [0.2, 0.25) is 0 Å². The Morgan fingerprint density at radius 2 is 1.85 bits per heavy atom. The van der Waals surface area contributed by atoms with Gasteiger partial charge in [-0.2, -0.15) is 0 Å². The van der Waals surface area contributed by atoms with Crippen LogP contribution >= 0.6 is 0 Å². The molecule has 7 heteroatoms. The van der Waals surface area contributed by atoms with Crippen molar-refractivity contribution in [1.29, 1.82) is 0 Å². The number of ether oxygens (including phenoxy) is 2. The third-order valence-corrected chi connectivity index (χ3v) is 3.08. The molecular formula is C13H17N3O4. The minimum Gasteiger partial charge on any atom is -0.453 e. The summed E-state index contributed by atoms with van der Waals surface area (Å²) in [5.41, 5.74) is 6.15. The lowest BCUT2D eigenvalue weighted by atomic mass is 9.99. The fourth-order valence-corrected chi connectivity index (χ4v) is 1.82. The molecule has 0 radical (unpaired) electrons. The summed E-state index contributed by atoms with van der Waals surface area (Å²) in [5, 5.41) is 5.25. The second-order valence-electron chi connectivity index (χ2n) is 4.61. The molecule has 1 saturated heterocycles. The number of nitrogens with two attached hydrogens (primary N) is 1. The lowest BCUT2D eigenvalue weighted by molar-refractivity contribution is -0.121. The van der Waals surface area contributed by atoms with Gasteiger partial charge in [-0.1, -0.05) is 0 Å². The van der Waals surface area contributed by atoms with Crippen LogP contribution in [0.3, 0.4) is 0 Å². The monoisotopic (exact) mass is 279 g/mol. The third-order valence-electron chi connectivity index (χ3n) is 3.08. The summed E-state index contributed by atoms with van der Waals surface area (Å²) >= 11 is 0. The van der Waals surface area contributed by atoms with Crippen molar-refractivity contribution in [3.05, 3.63) is 24.3 Å². The van der Waals surface area contributed by atoms with E-state index in [0.717, 1.165) is 0 Å². The molecule has 0 saturated carbocycles. The number of methoxy groups -OCH3 is 1. The predicted octanol–water partition coefficient (Wildman–Crippen LogP) is 0.921. The van der Waals surface area contributed by atoms with Gasteiger partial charge in [-0.3, -0.25) is 10.1 Å². The van der Waals surface area contributed by atoms with E-state index in [1.165, 1.54) is 7.11 Å². The van der Waals surface area contributed by atoms with Crippen molar-refractivity contribution < 1.29 is 19.1 Å². The molecule has 0 aromatic heterocycles. The second-order valence-corrected chi connectivity index (χ2v) is 4.61. The Morgan fingerprint density at radius 3 is 2.35 bits per heavy atom. The summed E-state index contributed by atoms with van der Waals surface area (Å²) in [7, 11) is 1.29. The Balaban J connectivity index is 1.96. The van der Waals surface area contributed by atoms with Gasteiger partial charge in [0.25, 0.3) is 0 Å². The van der Waals surface area contributed by atoms with Crippen molar-refractivity contribution in [1.82, 2.24) is 0 Å². The van der Waals surface area contributed by atoms with Crippen molar-refractivity contribution in [2.24, 2.45) is 5.73 Å². The molecule has 2 rings (SSSR count). The fourth-order valence-electron chi connectivity index (χ4n) is 1.82. The number of benzene rings is 1. The first-order valence-electron chi connectivity index (χ1n) is 6.17. The normalized spacial score (nSPS) is 21.3. The van der Waals surface area contributed by atoms with Crippen molar-refractivity contribution in [3.8, 4) is 0 Å². The minimum atomic E-state index is -0.969. The van der Waals surface area contributed by atoms with E-state index in [1.54, 1.807) is 24.3 Å². The van der Waals surface area contributed by atoms with E-state index in [0.29, 0.717) is 24.4 Å². The van der Waals surface area contributed by atoms with Crippen LogP contribution in [0.15, 0.2) is 24.3 Å². The van der Waals surface area contributed by atoms with E-state index in [2.05, 4.69) is 15.4 Å². The Labute approximate surface area is 116 Å². The first-order valence-corrected chi connectivity index (χ1v) is 6.17. The van der Waals surface area contributed by atoms with Crippen LogP contribution in [0.25, 0.3) is 0 Å². The van der Waals surface area contributed by atoms with Crippen molar-refractivity contribution >= 4 is 23.4 Å². The number of carbonyl (C=O) groups is 2. The number of hydrogen-bond donors (Lipinski definition) is 3. The molecule has 2 amide bonds. The quantitative estimate of drug-likeness (QED) is 0.763. The number of anilines is 2. The first kappa shape index (κ1) is 14.3. The van der Waals surface area contributed by atoms with Gasteiger partial charge in [0.05, 0.1) is 13.7 Å². The van der Waals surface area contributed by atoms with Crippen molar-refractivity contribution in [3.63, 3.8) is 0 Å². The van der Waals surface area contributed by atoms with Crippen LogP contribution < -0.4 is 16.4 Å². The molecule has 1 fully saturated rings. The average Bonchev–Trinajstić information content (AvgIpc) is 2.89. The van der Waals surface area contributed by atoms with Gasteiger partial charge in [0.1, 0.15) is 5.54 Å². The predicted molar refractivity (Wildman–Crippen MR) is 73.5 cm³/mol. The minimum absolute atomic E-state index is 0.223. The maximum Gasteiger partial charge on any atom is 0.411 e. The maximum absolute atomic E-state index is 12.0. The molecule has 20 heavy (non-hydrogen) atoms. The topological polar surface area (TPSA) is 103 Å². The van der Waals surface area contributed by atoms with Gasteiger partial charge in [-0.15, -0.1) is 0 Å². The van der Waals surface area contributed by atoms with Gasteiger partial charge in [-0.25, -0.2) is 4.79 Å². The molecule has 1 aromatic rings. The van der Waals surface area contributed by atoms with E-state index in [1.807, 2.05) is 0 Å². The molecule has 1 aliphatic rings. The summed E-state index contributed by atoms with van der Waals surface area (Å²) in [4.78, 5) is 23.1. The molecule has 1 atom stereocenters. The highest BCUT2D eigenvalue weighted by atomic mass is 16.5. The van der Waals surface area contributed by atoms with E-state index in [9.17, 15) is 9.59 Å². The molecule has 0 aliphatic carbocycles. The Bertz CT molecular complexity index is 495. The van der Waals surface area contributed by atoms with Gasteiger partial charge in [-0.05, 0) is 30.7 Å². The van der Waals surface area contributed by atoms with Crippen molar-refractivity contribution in [2.45, 2.75) is 12.0 Å². The zero-order valence-electron chi connectivity index (χ0n) is 11.1. The lowest BCUT2D eigenvalue weighted by Gasteiger charge is -2.20. The second kappa shape index (κ2) is 5.89. The zero-order chi connectivity index (χ0) is 14.6. The number of rotatable bonds is 3. The molecule has 7 nitrogen and oxygen atoms in total. The van der Waals surface area contributed by atoms with E-state index in [-0.39, 0.29) is 12.5 Å². The Morgan fingerprint density at radius 1 is 1.25 bits per heavy atom. The number of nitrogens with one attached hydrogen (secondary N) is 2. The first-order chi connectivity index (χ1) is 9.53. The summed E-state index contributed by atoms with van der Waals surface area (Å²) in [6.45, 7) is 0.715. The largest absolute Gasteiger partial charge is 0.453 e. The molecule has 0 spiro atoms. The van der Waals surface area contributed by atoms with Gasteiger partial charge in [0, 0.05) is 18.0 Å². The summed E-state index contributed by atoms with van der Waals surface area (Å²) < 4.78 is 9.63. The summed E-state index contributed by atoms with van der Waals surface area (Å²) in [6, 6.07) is 6.65. The van der Waals surface area contributed by atoms with Gasteiger partial charge in [0.15, 0.2) is 0 Å². The smallest absolute Gasteiger partial charge is 0.411 e. The van der Waals surface area contributed by atoms with E-state index >= 15 is 0 Å². The zero-order valence-corrected chi connectivity index (χ0v) is 11.1. The lowest BCUT2D eigenvalue weighted by Crippen LogP contribution is -2.51. The maximum atomic E-state index is 12.0. The third kappa shape index (κ3) is 3.25. The Kier molecular flexibility index (Phi) is 4.21. The van der Waals surface area contributed by atoms with Gasteiger partial charge >= 0.3 is 6.09 Å². The van der Waals surface area contributed by atoms with Crippen LogP contribution in [0.4, 0.5) is 16.2 Å². The van der Waals surface area contributed by atoms with Crippen molar-refractivity contribution in [2.75, 3.05) is 31.0 Å². The number of amides is 2. The number of carbonyl (C=O) groups excluding carboxylic acids is 2. The molecule has 4 N–H and O–H groups in total. The van der Waals surface area contributed by atoms with Crippen LogP contribution in [-0.2, 0) is 14.3 Å². The van der Waals surface area contributed by atoms with Crippen LogP contribution in [0.5, 0.6) is 0 Å². The summed E-state index contributed by atoms with van der Waals surface area (Å²) in [5.74, 6) is -0.274. The highest BCUT2D eigenvalue weighted by Crippen LogP contribution is 2.19. The number of hydrogen-bond acceptors (Lipinski definition) is 5. The highest BCUT2D eigenvalue weighted by Gasteiger charge is 2.38. The fraction of sp³-hybridized carbons (Fsp3) is 0.385. The van der Waals surface area contributed by atoms with Crippen LogP contribution in [-0.4, -0.2) is 37.9 Å². The van der Waals surface area contributed by atoms with E-state index < -0.39 is 11.6 Å². The molecule has 1 unspecified atom stereocenters. The molecule has 108 valence electrons. The summed E-state index contributed by atoms with van der Waals surface area (Å²) in [6.07, 6.45) is -0.0494. The van der Waals surface area contributed by atoms with Gasteiger partial charge < -0.3 is 20.5 Å². The van der Waals surface area contributed by atoms with E-state index in [4.69, 9.17) is 10.5 Å². The average molecular weight is 279 g/mol. The molecule has 1 aromatic carbocycles. The SMILES string of the molecule is COC(=O)Nc1ccc(NC(=O)C2(N)CCOC2)cc1. The standard InChI is InChI=1S/C13H17N3O4/c1-19-12(18)16-10-4-2-9(3-5-10)15-11(17)13(14)6-7-20-8-13/h2-5H,6-8,14H2,1H3,(H,15,17)(H,16,18).